The summed E-state index contributed by atoms with van der Waals surface area (Å²) in [7, 11) is 0. The largest absolute Gasteiger partial charge is 0.0802 e. The zero-order valence-corrected chi connectivity index (χ0v) is 8.98. The van der Waals surface area contributed by atoms with E-state index in [1.807, 2.05) is 13.8 Å². The molecule has 0 heterocycles. The summed E-state index contributed by atoms with van der Waals surface area (Å²) >= 11 is 0. The van der Waals surface area contributed by atoms with E-state index in [4.69, 9.17) is 0 Å². The van der Waals surface area contributed by atoms with Crippen LogP contribution < -0.4 is 0 Å². The zero-order chi connectivity index (χ0) is 9.40. The van der Waals surface area contributed by atoms with Gasteiger partial charge < -0.3 is 0 Å². The normalized spacial score (nSPS) is 14.7. The minimum absolute atomic E-state index is 1.21. The molecule has 0 saturated carbocycles. The highest BCUT2D eigenvalue weighted by Crippen LogP contribution is 2.24. The van der Waals surface area contributed by atoms with E-state index in [0.717, 1.165) is 0 Å². The maximum Gasteiger partial charge on any atom is -0.0130 e. The van der Waals surface area contributed by atoms with Gasteiger partial charge in [-0.1, -0.05) is 51.8 Å². The lowest BCUT2D eigenvalue weighted by Crippen LogP contribution is -1.81. The Bertz CT molecular complexity index is 161. The van der Waals surface area contributed by atoms with E-state index in [2.05, 4.69) is 26.0 Å². The van der Waals surface area contributed by atoms with Crippen LogP contribution in [-0.2, 0) is 0 Å². The Labute approximate surface area is 77.4 Å². The average Bonchev–Trinajstić information content (AvgIpc) is 2.56. The van der Waals surface area contributed by atoms with Crippen molar-refractivity contribution in [2.24, 2.45) is 0 Å². The van der Waals surface area contributed by atoms with Crippen LogP contribution in [0.1, 0.15) is 53.4 Å². The highest BCUT2D eigenvalue weighted by atomic mass is 14.1. The molecule has 0 spiro atoms. The van der Waals surface area contributed by atoms with Crippen molar-refractivity contribution in [1.29, 1.82) is 0 Å². The van der Waals surface area contributed by atoms with E-state index in [0.29, 0.717) is 0 Å². The summed E-state index contributed by atoms with van der Waals surface area (Å²) in [6.07, 6.45) is 9.59. The summed E-state index contributed by atoms with van der Waals surface area (Å²) in [5, 5.41) is 0. The van der Waals surface area contributed by atoms with Gasteiger partial charge in [-0.15, -0.1) is 0 Å². The molecule has 0 heteroatoms. The third-order valence-electron chi connectivity index (χ3n) is 2.08. The Kier molecular flexibility index (Phi) is 6.84. The molecule has 0 nitrogen and oxygen atoms in total. The Hall–Kier alpha value is -0.520. The fourth-order valence-electron chi connectivity index (χ4n) is 1.49. The second kappa shape index (κ2) is 7.15. The zero-order valence-electron chi connectivity index (χ0n) is 8.98. The number of allylic oxidation sites excluding steroid dienone is 4. The lowest BCUT2D eigenvalue weighted by Gasteiger charge is -2.01. The molecule has 0 radical (unpaired) electrons. The monoisotopic (exact) mass is 166 g/mol. The van der Waals surface area contributed by atoms with Gasteiger partial charge in [0.1, 0.15) is 0 Å². The Morgan fingerprint density at radius 3 is 2.42 bits per heavy atom. The molecule has 1 aliphatic rings. The first-order valence-electron chi connectivity index (χ1n) is 5.26. The molecule has 0 N–H and O–H groups in total. The quantitative estimate of drug-likeness (QED) is 0.580. The van der Waals surface area contributed by atoms with Crippen LogP contribution in [-0.4, -0.2) is 0 Å². The molecule has 0 atom stereocenters. The number of hydrogen-bond donors (Lipinski definition) is 0. The van der Waals surface area contributed by atoms with Crippen LogP contribution in [0.2, 0.25) is 0 Å². The van der Waals surface area contributed by atoms with Gasteiger partial charge >= 0.3 is 0 Å². The first-order chi connectivity index (χ1) is 5.88. The lowest BCUT2D eigenvalue weighted by molar-refractivity contribution is 0.898. The molecule has 0 saturated heterocycles. The number of hydrogen-bond acceptors (Lipinski definition) is 0. The van der Waals surface area contributed by atoms with Crippen LogP contribution in [0.3, 0.4) is 0 Å². The van der Waals surface area contributed by atoms with Crippen molar-refractivity contribution in [2.75, 3.05) is 0 Å². The van der Waals surface area contributed by atoms with Gasteiger partial charge in [0.15, 0.2) is 0 Å². The van der Waals surface area contributed by atoms with E-state index >= 15 is 0 Å². The first-order valence-corrected chi connectivity index (χ1v) is 5.26. The van der Waals surface area contributed by atoms with Crippen LogP contribution in [0, 0.1) is 0 Å². The minimum Gasteiger partial charge on any atom is -0.0802 e. The van der Waals surface area contributed by atoms with Crippen molar-refractivity contribution < 1.29 is 0 Å². The van der Waals surface area contributed by atoms with Crippen LogP contribution in [0.15, 0.2) is 23.3 Å². The van der Waals surface area contributed by atoms with Gasteiger partial charge in [0.2, 0.25) is 0 Å². The fourth-order valence-corrected chi connectivity index (χ4v) is 1.49. The standard InChI is InChI=1S/C10H16.C2H6/c1-3-6-10-8-5-7-9(10)4-2;1-2/h5,8H,3-4,6-7H2,1-2H3;1-2H3. The van der Waals surface area contributed by atoms with Gasteiger partial charge in [0, 0.05) is 0 Å². The molecular weight excluding hydrogens is 144 g/mol. The molecule has 0 aliphatic heterocycles. The summed E-state index contributed by atoms with van der Waals surface area (Å²) in [5.74, 6) is 0. The number of rotatable bonds is 3. The average molecular weight is 166 g/mol. The Morgan fingerprint density at radius 2 is 1.92 bits per heavy atom. The molecule has 0 fully saturated rings. The highest BCUT2D eigenvalue weighted by molar-refractivity contribution is 5.33. The van der Waals surface area contributed by atoms with Gasteiger partial charge in [-0.3, -0.25) is 0 Å². The summed E-state index contributed by atoms with van der Waals surface area (Å²) in [6, 6.07) is 0. The smallest absolute Gasteiger partial charge is 0.0130 e. The molecule has 0 bridgehead atoms. The van der Waals surface area contributed by atoms with E-state index < -0.39 is 0 Å². The predicted molar refractivity (Wildman–Crippen MR) is 57.3 cm³/mol. The van der Waals surface area contributed by atoms with E-state index in [1.54, 1.807) is 11.1 Å². The van der Waals surface area contributed by atoms with Crippen LogP contribution in [0.5, 0.6) is 0 Å². The molecule has 1 rings (SSSR count). The van der Waals surface area contributed by atoms with E-state index in [9.17, 15) is 0 Å². The molecular formula is C12H22. The maximum absolute atomic E-state index is 2.29. The third-order valence-corrected chi connectivity index (χ3v) is 2.08. The molecule has 12 heavy (non-hydrogen) atoms. The summed E-state index contributed by atoms with van der Waals surface area (Å²) in [4.78, 5) is 0. The van der Waals surface area contributed by atoms with Crippen molar-refractivity contribution in [2.45, 2.75) is 53.4 Å². The van der Waals surface area contributed by atoms with Crippen LogP contribution in [0.4, 0.5) is 0 Å². The van der Waals surface area contributed by atoms with Crippen molar-refractivity contribution in [3.8, 4) is 0 Å². The second-order valence-corrected chi connectivity index (χ2v) is 2.84. The third kappa shape index (κ3) is 3.25. The lowest BCUT2D eigenvalue weighted by atomic mass is 10.0. The van der Waals surface area contributed by atoms with Gasteiger partial charge in [-0.25, -0.2) is 0 Å². The summed E-state index contributed by atoms with van der Waals surface area (Å²) in [6.45, 7) is 8.49. The Balaban J connectivity index is 0.000000561. The van der Waals surface area contributed by atoms with Crippen molar-refractivity contribution in [3.05, 3.63) is 23.3 Å². The topological polar surface area (TPSA) is 0 Å². The molecule has 70 valence electrons. The van der Waals surface area contributed by atoms with Crippen molar-refractivity contribution >= 4 is 0 Å². The highest BCUT2D eigenvalue weighted by Gasteiger charge is 2.04. The molecule has 0 unspecified atom stereocenters. The molecule has 1 aliphatic carbocycles. The SMILES string of the molecule is CC.CCCC1=C(CC)CC=C1. The molecule has 0 aromatic rings. The van der Waals surface area contributed by atoms with E-state index in [-0.39, 0.29) is 0 Å². The van der Waals surface area contributed by atoms with E-state index in [1.165, 1.54) is 25.7 Å². The maximum atomic E-state index is 2.29. The first kappa shape index (κ1) is 11.5. The van der Waals surface area contributed by atoms with Gasteiger partial charge in [-0.2, -0.15) is 0 Å². The minimum atomic E-state index is 1.21. The molecule has 0 aromatic heterocycles. The van der Waals surface area contributed by atoms with Gasteiger partial charge in [0.25, 0.3) is 0 Å². The summed E-state index contributed by atoms with van der Waals surface area (Å²) in [5.41, 5.74) is 3.26. The summed E-state index contributed by atoms with van der Waals surface area (Å²) < 4.78 is 0. The molecule has 0 amide bonds. The van der Waals surface area contributed by atoms with Crippen LogP contribution in [0.25, 0.3) is 0 Å². The fraction of sp³-hybridized carbons (Fsp3) is 0.667. The van der Waals surface area contributed by atoms with Crippen molar-refractivity contribution in [3.63, 3.8) is 0 Å². The van der Waals surface area contributed by atoms with Crippen LogP contribution >= 0.6 is 0 Å². The Morgan fingerprint density at radius 1 is 1.25 bits per heavy atom. The van der Waals surface area contributed by atoms with Gasteiger partial charge in [-0.05, 0) is 24.8 Å². The predicted octanol–water partition coefficient (Wildman–Crippen LogP) is 4.48. The molecule has 0 aromatic carbocycles. The van der Waals surface area contributed by atoms with Crippen molar-refractivity contribution in [1.82, 2.24) is 0 Å². The second-order valence-electron chi connectivity index (χ2n) is 2.84. The van der Waals surface area contributed by atoms with Gasteiger partial charge in [0.05, 0.1) is 0 Å².